The maximum atomic E-state index is 13.6. The van der Waals surface area contributed by atoms with Gasteiger partial charge in [-0.05, 0) is 36.2 Å². The van der Waals surface area contributed by atoms with Crippen molar-refractivity contribution in [1.29, 1.82) is 0 Å². The van der Waals surface area contributed by atoms with Crippen molar-refractivity contribution < 1.29 is 31.1 Å². The average Bonchev–Trinajstić information content (AvgIpc) is 3.48. The van der Waals surface area contributed by atoms with Crippen LogP contribution in [0, 0.1) is 0 Å². The van der Waals surface area contributed by atoms with Crippen LogP contribution in [0.25, 0.3) is 10.9 Å². The zero-order chi connectivity index (χ0) is 27.9. The van der Waals surface area contributed by atoms with E-state index < -0.39 is 41.0 Å². The van der Waals surface area contributed by atoms with Crippen LogP contribution in [-0.2, 0) is 32.4 Å². The Hall–Kier alpha value is -3.51. The molecule has 0 spiro atoms. The molecular formula is C27H26ClF6N5O. The smallest absolute Gasteiger partial charge is 0.361 e. The summed E-state index contributed by atoms with van der Waals surface area (Å²) in [7, 11) is 1.80. The zero-order valence-corrected chi connectivity index (χ0v) is 22.1. The molecule has 0 bridgehead atoms. The molecule has 0 aliphatic carbocycles. The number of aromatic nitrogens is 3. The first-order valence-corrected chi connectivity index (χ1v) is 12.2. The van der Waals surface area contributed by atoms with Gasteiger partial charge in [0, 0.05) is 73.7 Å². The van der Waals surface area contributed by atoms with Crippen LogP contribution >= 0.6 is 12.4 Å². The van der Waals surface area contributed by atoms with Gasteiger partial charge in [0.15, 0.2) is 0 Å². The fraction of sp³-hybridized carbons (Fsp3) is 0.333. The molecule has 13 heteroatoms. The second-order valence-corrected chi connectivity index (χ2v) is 9.77. The van der Waals surface area contributed by atoms with E-state index in [-0.39, 0.29) is 25.0 Å². The van der Waals surface area contributed by atoms with E-state index in [0.717, 1.165) is 22.0 Å². The Morgan fingerprint density at radius 2 is 1.70 bits per heavy atom. The average molecular weight is 586 g/mol. The van der Waals surface area contributed by atoms with Gasteiger partial charge in [0.05, 0.1) is 17.3 Å². The molecule has 5 rings (SSSR count). The molecule has 214 valence electrons. The van der Waals surface area contributed by atoms with E-state index in [2.05, 4.69) is 15.0 Å². The number of aromatic amines is 1. The monoisotopic (exact) mass is 585 g/mol. The Labute approximate surface area is 232 Å². The van der Waals surface area contributed by atoms with Gasteiger partial charge in [0.25, 0.3) is 5.91 Å². The topological polar surface area (TPSA) is 57.2 Å². The largest absolute Gasteiger partial charge is 0.416 e. The lowest BCUT2D eigenvalue weighted by Gasteiger charge is -2.41. The summed E-state index contributed by atoms with van der Waals surface area (Å²) in [5.41, 5.74) is -0.913. The summed E-state index contributed by atoms with van der Waals surface area (Å²) in [5.74, 6) is -0.863. The third-order valence-electron chi connectivity index (χ3n) is 6.96. The number of halogens is 7. The van der Waals surface area contributed by atoms with Gasteiger partial charge in [-0.2, -0.15) is 31.4 Å². The van der Waals surface area contributed by atoms with Crippen molar-refractivity contribution in [2.24, 2.45) is 7.05 Å². The number of hydrogen-bond donors (Lipinski definition) is 1. The van der Waals surface area contributed by atoms with Crippen molar-refractivity contribution in [3.8, 4) is 0 Å². The van der Waals surface area contributed by atoms with Gasteiger partial charge in [-0.1, -0.05) is 18.2 Å². The van der Waals surface area contributed by atoms with E-state index >= 15 is 0 Å². The molecule has 0 saturated carbocycles. The normalized spacial score (nSPS) is 16.8. The first kappa shape index (κ1) is 29.5. The maximum Gasteiger partial charge on any atom is 0.416 e. The maximum absolute atomic E-state index is 13.6. The second kappa shape index (κ2) is 11.2. The van der Waals surface area contributed by atoms with Gasteiger partial charge in [-0.3, -0.25) is 14.4 Å². The number of H-pyrrole nitrogens is 1. The molecule has 2 aromatic carbocycles. The summed E-state index contributed by atoms with van der Waals surface area (Å²) in [6.07, 6.45) is -4.30. The van der Waals surface area contributed by atoms with E-state index in [1.807, 2.05) is 36.7 Å². The Morgan fingerprint density at radius 3 is 2.33 bits per heavy atom. The Balaban J connectivity index is 0.00000370. The Morgan fingerprint density at radius 1 is 1.02 bits per heavy atom. The van der Waals surface area contributed by atoms with Crippen LogP contribution in [0.15, 0.2) is 61.1 Å². The highest BCUT2D eigenvalue weighted by molar-refractivity contribution is 5.95. The van der Waals surface area contributed by atoms with Crippen LogP contribution in [0.3, 0.4) is 0 Å². The van der Waals surface area contributed by atoms with Gasteiger partial charge >= 0.3 is 12.4 Å². The van der Waals surface area contributed by atoms with E-state index in [4.69, 9.17) is 0 Å². The standard InChI is InChI=1S/C27H25F6N5O.ClH/c1-36-14-17(12-35-36)15-37-6-7-38(22(16-37)10-19-13-34-24-5-3-2-4-23(19)24)25(39)18-8-20(26(28,29)30)11-21(9-18)27(31,32)33;/h2-5,8-9,11-14,22,34H,6-7,10,15-16H2,1H3;1H/t22-;/m1./s1. The minimum Gasteiger partial charge on any atom is -0.361 e. The molecule has 4 aromatic rings. The minimum absolute atomic E-state index is 0. The van der Waals surface area contributed by atoms with Crippen LogP contribution < -0.4 is 0 Å². The third kappa shape index (κ3) is 6.28. The zero-order valence-electron chi connectivity index (χ0n) is 21.3. The summed E-state index contributed by atoms with van der Waals surface area (Å²) >= 11 is 0. The molecule has 1 aliphatic heterocycles. The van der Waals surface area contributed by atoms with Gasteiger partial charge < -0.3 is 9.88 Å². The van der Waals surface area contributed by atoms with Crippen LogP contribution in [-0.4, -0.2) is 56.1 Å². The first-order chi connectivity index (χ1) is 18.4. The first-order valence-electron chi connectivity index (χ1n) is 12.2. The van der Waals surface area contributed by atoms with Crippen LogP contribution in [0.5, 0.6) is 0 Å². The van der Waals surface area contributed by atoms with E-state index in [1.165, 1.54) is 4.90 Å². The van der Waals surface area contributed by atoms with Gasteiger partial charge in [-0.25, -0.2) is 0 Å². The number of nitrogens with one attached hydrogen (secondary N) is 1. The van der Waals surface area contributed by atoms with Crippen LogP contribution in [0.2, 0.25) is 0 Å². The number of rotatable bonds is 5. The number of alkyl halides is 6. The molecule has 1 N–H and O–H groups in total. The molecule has 6 nitrogen and oxygen atoms in total. The number of carbonyl (C=O) groups is 1. The highest BCUT2D eigenvalue weighted by atomic mass is 35.5. The second-order valence-electron chi connectivity index (χ2n) is 9.77. The van der Waals surface area contributed by atoms with Crippen molar-refractivity contribution in [1.82, 2.24) is 24.6 Å². The molecule has 1 aliphatic rings. The molecule has 40 heavy (non-hydrogen) atoms. The fourth-order valence-electron chi connectivity index (χ4n) is 5.12. The molecule has 1 atom stereocenters. The lowest BCUT2D eigenvalue weighted by Crippen LogP contribution is -2.55. The molecule has 1 amide bonds. The Kier molecular flexibility index (Phi) is 8.23. The SMILES string of the molecule is Cl.Cn1cc(CN2CCN(C(=O)c3cc(C(F)(F)F)cc(C(F)(F)F)c3)[C@H](Cc3c[nH]c4ccccc34)C2)cn1. The number of fused-ring (bicyclic) bond motifs is 1. The molecule has 1 fully saturated rings. The van der Waals surface area contributed by atoms with Gasteiger partial charge in [0.2, 0.25) is 0 Å². The molecule has 0 unspecified atom stereocenters. The third-order valence-corrected chi connectivity index (χ3v) is 6.96. The predicted molar refractivity (Wildman–Crippen MR) is 139 cm³/mol. The summed E-state index contributed by atoms with van der Waals surface area (Å²) < 4.78 is 82.5. The summed E-state index contributed by atoms with van der Waals surface area (Å²) in [6.45, 7) is 1.47. The van der Waals surface area contributed by atoms with Crippen molar-refractivity contribution in [2.45, 2.75) is 31.4 Å². The molecule has 0 radical (unpaired) electrons. The molecule has 2 aromatic heterocycles. The van der Waals surface area contributed by atoms with Crippen molar-refractivity contribution in [2.75, 3.05) is 19.6 Å². The minimum atomic E-state index is -5.04. The molecular weight excluding hydrogens is 560 g/mol. The summed E-state index contributed by atoms with van der Waals surface area (Å²) in [6, 6.07) is 8.12. The number of amides is 1. The van der Waals surface area contributed by atoms with Crippen LogP contribution in [0.1, 0.15) is 32.6 Å². The van der Waals surface area contributed by atoms with E-state index in [0.29, 0.717) is 38.2 Å². The summed E-state index contributed by atoms with van der Waals surface area (Å²) in [5, 5.41) is 5.11. The lowest BCUT2D eigenvalue weighted by atomic mass is 9.98. The van der Waals surface area contributed by atoms with Gasteiger partial charge in [-0.15, -0.1) is 12.4 Å². The van der Waals surface area contributed by atoms with Gasteiger partial charge in [0.1, 0.15) is 0 Å². The number of piperazine rings is 1. The van der Waals surface area contributed by atoms with Crippen LogP contribution in [0.4, 0.5) is 26.3 Å². The number of benzene rings is 2. The fourth-order valence-corrected chi connectivity index (χ4v) is 5.12. The number of carbonyl (C=O) groups excluding carboxylic acids is 1. The van der Waals surface area contributed by atoms with E-state index in [1.54, 1.807) is 17.9 Å². The number of para-hydroxylation sites is 1. The highest BCUT2D eigenvalue weighted by Crippen LogP contribution is 2.37. The quantitative estimate of drug-likeness (QED) is 0.296. The van der Waals surface area contributed by atoms with Crippen molar-refractivity contribution >= 4 is 29.2 Å². The summed E-state index contributed by atoms with van der Waals surface area (Å²) in [4.78, 5) is 20.3. The lowest BCUT2D eigenvalue weighted by molar-refractivity contribution is -0.143. The number of hydrogen-bond acceptors (Lipinski definition) is 3. The predicted octanol–water partition coefficient (Wildman–Crippen LogP) is 5.93. The van der Waals surface area contributed by atoms with Crippen molar-refractivity contribution in [3.63, 3.8) is 0 Å². The number of aryl methyl sites for hydroxylation is 1. The highest BCUT2D eigenvalue weighted by Gasteiger charge is 2.39. The number of nitrogens with zero attached hydrogens (tertiary/aromatic N) is 4. The molecule has 1 saturated heterocycles. The Bertz CT molecular complexity index is 1460. The van der Waals surface area contributed by atoms with Crippen molar-refractivity contribution in [3.05, 3.63) is 88.9 Å². The molecule has 3 heterocycles. The van der Waals surface area contributed by atoms with E-state index in [9.17, 15) is 31.1 Å².